The predicted octanol–water partition coefficient (Wildman–Crippen LogP) is 1.18. The lowest BCUT2D eigenvalue weighted by Crippen LogP contribution is -2.17. The Morgan fingerprint density at radius 2 is 1.67 bits per heavy atom. The van der Waals surface area contributed by atoms with Crippen molar-refractivity contribution in [2.45, 2.75) is 6.04 Å². The first-order valence-electron chi connectivity index (χ1n) is 4.74. The Labute approximate surface area is 88.4 Å². The second-order valence-electron chi connectivity index (χ2n) is 3.17. The van der Waals surface area contributed by atoms with Gasteiger partial charge in [-0.25, -0.2) is 9.97 Å². The van der Waals surface area contributed by atoms with E-state index in [1.807, 2.05) is 31.6 Å². The SMILES string of the molecule is CNC(c1ccncc1)c1cncnc1. The molecule has 1 unspecified atom stereocenters. The van der Waals surface area contributed by atoms with E-state index in [0.717, 1.165) is 11.1 Å². The van der Waals surface area contributed by atoms with E-state index in [1.165, 1.54) is 6.33 Å². The maximum Gasteiger partial charge on any atom is 0.115 e. The molecule has 0 aliphatic heterocycles. The summed E-state index contributed by atoms with van der Waals surface area (Å²) in [7, 11) is 1.91. The number of rotatable bonds is 3. The van der Waals surface area contributed by atoms with Gasteiger partial charge in [-0.1, -0.05) is 0 Å². The molecule has 0 bridgehead atoms. The van der Waals surface area contributed by atoms with Gasteiger partial charge in [0.05, 0.1) is 6.04 Å². The fourth-order valence-corrected chi connectivity index (χ4v) is 1.54. The molecule has 76 valence electrons. The summed E-state index contributed by atoms with van der Waals surface area (Å²) < 4.78 is 0. The van der Waals surface area contributed by atoms with Gasteiger partial charge in [-0.05, 0) is 24.7 Å². The van der Waals surface area contributed by atoms with Gasteiger partial charge in [-0.3, -0.25) is 4.98 Å². The summed E-state index contributed by atoms with van der Waals surface area (Å²) >= 11 is 0. The van der Waals surface area contributed by atoms with Crippen molar-refractivity contribution in [3.63, 3.8) is 0 Å². The first-order valence-corrected chi connectivity index (χ1v) is 4.74. The summed E-state index contributed by atoms with van der Waals surface area (Å²) in [5, 5.41) is 3.23. The average Bonchev–Trinajstić information content (AvgIpc) is 2.33. The molecule has 0 aliphatic carbocycles. The molecule has 0 radical (unpaired) electrons. The van der Waals surface area contributed by atoms with Gasteiger partial charge in [-0.2, -0.15) is 0 Å². The van der Waals surface area contributed by atoms with Gasteiger partial charge in [0.1, 0.15) is 6.33 Å². The number of nitrogens with one attached hydrogen (secondary N) is 1. The van der Waals surface area contributed by atoms with Gasteiger partial charge in [0.2, 0.25) is 0 Å². The molecule has 0 spiro atoms. The average molecular weight is 200 g/mol. The lowest BCUT2D eigenvalue weighted by atomic mass is 10.0. The quantitative estimate of drug-likeness (QED) is 0.808. The van der Waals surface area contributed by atoms with Crippen LogP contribution in [0.4, 0.5) is 0 Å². The maximum atomic E-state index is 4.01. The minimum absolute atomic E-state index is 0.120. The molecule has 0 saturated carbocycles. The molecule has 2 rings (SSSR count). The number of nitrogens with zero attached hydrogens (tertiary/aromatic N) is 3. The van der Waals surface area contributed by atoms with Crippen LogP contribution in [0.25, 0.3) is 0 Å². The van der Waals surface area contributed by atoms with Crippen molar-refractivity contribution in [1.82, 2.24) is 20.3 Å². The van der Waals surface area contributed by atoms with Crippen LogP contribution in [0.5, 0.6) is 0 Å². The largest absolute Gasteiger partial charge is 0.309 e. The highest BCUT2D eigenvalue weighted by atomic mass is 14.9. The van der Waals surface area contributed by atoms with Crippen LogP contribution < -0.4 is 5.32 Å². The van der Waals surface area contributed by atoms with E-state index in [-0.39, 0.29) is 6.04 Å². The molecule has 4 nitrogen and oxygen atoms in total. The lowest BCUT2D eigenvalue weighted by molar-refractivity contribution is 0.683. The summed E-state index contributed by atoms with van der Waals surface area (Å²) in [6.07, 6.45) is 8.72. The third-order valence-electron chi connectivity index (χ3n) is 2.24. The second-order valence-corrected chi connectivity index (χ2v) is 3.17. The van der Waals surface area contributed by atoms with Crippen LogP contribution in [0.15, 0.2) is 43.2 Å². The molecule has 0 fully saturated rings. The summed E-state index contributed by atoms with van der Waals surface area (Å²) in [4.78, 5) is 12.0. The zero-order chi connectivity index (χ0) is 10.5. The molecule has 15 heavy (non-hydrogen) atoms. The van der Waals surface area contributed by atoms with E-state index < -0.39 is 0 Å². The summed E-state index contributed by atoms with van der Waals surface area (Å²) in [6, 6.07) is 4.08. The topological polar surface area (TPSA) is 50.7 Å². The smallest absolute Gasteiger partial charge is 0.115 e. The first kappa shape index (κ1) is 9.73. The second kappa shape index (κ2) is 4.61. The number of aromatic nitrogens is 3. The third kappa shape index (κ3) is 2.16. The van der Waals surface area contributed by atoms with Crippen molar-refractivity contribution in [3.8, 4) is 0 Å². The van der Waals surface area contributed by atoms with Crippen LogP contribution >= 0.6 is 0 Å². The molecule has 1 atom stereocenters. The highest BCUT2D eigenvalue weighted by molar-refractivity contribution is 5.26. The van der Waals surface area contributed by atoms with Gasteiger partial charge in [0, 0.05) is 30.4 Å². The molecule has 4 heteroatoms. The normalized spacial score (nSPS) is 12.3. The van der Waals surface area contributed by atoms with Gasteiger partial charge in [0.25, 0.3) is 0 Å². The van der Waals surface area contributed by atoms with Crippen molar-refractivity contribution >= 4 is 0 Å². The molecular weight excluding hydrogens is 188 g/mol. The van der Waals surface area contributed by atoms with E-state index in [9.17, 15) is 0 Å². The standard InChI is InChI=1S/C11H12N4/c1-12-11(9-2-4-13-5-3-9)10-6-14-8-15-7-10/h2-8,11-12H,1H3. The molecular formula is C11H12N4. The van der Waals surface area contributed by atoms with E-state index in [2.05, 4.69) is 20.3 Å². The van der Waals surface area contributed by atoms with Crippen molar-refractivity contribution in [3.05, 3.63) is 54.4 Å². The zero-order valence-electron chi connectivity index (χ0n) is 8.46. The van der Waals surface area contributed by atoms with Crippen molar-refractivity contribution in [2.75, 3.05) is 7.05 Å². The summed E-state index contributed by atoms with van der Waals surface area (Å²) in [6.45, 7) is 0. The Hall–Kier alpha value is -1.81. The van der Waals surface area contributed by atoms with Crippen LogP contribution in [-0.2, 0) is 0 Å². The molecule has 2 aromatic heterocycles. The third-order valence-corrected chi connectivity index (χ3v) is 2.24. The van der Waals surface area contributed by atoms with Crippen LogP contribution in [0.2, 0.25) is 0 Å². The lowest BCUT2D eigenvalue weighted by Gasteiger charge is -2.15. The van der Waals surface area contributed by atoms with Gasteiger partial charge in [0.15, 0.2) is 0 Å². The highest BCUT2D eigenvalue weighted by Crippen LogP contribution is 2.18. The molecule has 1 N–H and O–H groups in total. The van der Waals surface area contributed by atoms with Crippen molar-refractivity contribution in [1.29, 1.82) is 0 Å². The Morgan fingerprint density at radius 3 is 2.27 bits per heavy atom. The highest BCUT2D eigenvalue weighted by Gasteiger charge is 2.11. The minimum atomic E-state index is 0.120. The summed E-state index contributed by atoms with van der Waals surface area (Å²) in [5.41, 5.74) is 2.20. The molecule has 0 amide bonds. The zero-order valence-corrected chi connectivity index (χ0v) is 8.46. The van der Waals surface area contributed by atoms with Gasteiger partial charge >= 0.3 is 0 Å². The van der Waals surface area contributed by atoms with E-state index in [1.54, 1.807) is 12.4 Å². The predicted molar refractivity (Wildman–Crippen MR) is 57.2 cm³/mol. The fourth-order valence-electron chi connectivity index (χ4n) is 1.54. The number of hydrogen-bond acceptors (Lipinski definition) is 4. The molecule has 2 aromatic rings. The number of pyridine rings is 1. The van der Waals surface area contributed by atoms with Gasteiger partial charge < -0.3 is 5.32 Å². The van der Waals surface area contributed by atoms with Crippen LogP contribution in [0, 0.1) is 0 Å². The van der Waals surface area contributed by atoms with E-state index >= 15 is 0 Å². The molecule has 0 aliphatic rings. The van der Waals surface area contributed by atoms with Crippen molar-refractivity contribution < 1.29 is 0 Å². The Bertz CT molecular complexity index is 362. The van der Waals surface area contributed by atoms with Gasteiger partial charge in [-0.15, -0.1) is 0 Å². The van der Waals surface area contributed by atoms with Crippen LogP contribution in [0.3, 0.4) is 0 Å². The molecule has 0 aromatic carbocycles. The first-order chi connectivity index (χ1) is 7.42. The Morgan fingerprint density at radius 1 is 1.00 bits per heavy atom. The fraction of sp³-hybridized carbons (Fsp3) is 0.182. The summed E-state index contributed by atoms with van der Waals surface area (Å²) in [5.74, 6) is 0. The minimum Gasteiger partial charge on any atom is -0.309 e. The monoisotopic (exact) mass is 200 g/mol. The maximum absolute atomic E-state index is 4.01. The Kier molecular flexibility index (Phi) is 2.99. The Balaban J connectivity index is 2.34. The molecule has 0 saturated heterocycles. The van der Waals surface area contributed by atoms with Crippen LogP contribution in [-0.4, -0.2) is 22.0 Å². The van der Waals surface area contributed by atoms with E-state index in [4.69, 9.17) is 0 Å². The van der Waals surface area contributed by atoms with Crippen LogP contribution in [0.1, 0.15) is 17.2 Å². The van der Waals surface area contributed by atoms with E-state index in [0.29, 0.717) is 0 Å². The van der Waals surface area contributed by atoms with Crippen molar-refractivity contribution in [2.24, 2.45) is 0 Å². The molecule has 2 heterocycles. The number of hydrogen-bond donors (Lipinski definition) is 1.